The maximum atomic E-state index is 11.0. The molecular formula is C14H10BrN3O2. The first-order chi connectivity index (χ1) is 9.69. The third-order valence-corrected chi connectivity index (χ3v) is 2.90. The number of hydrazone groups is 1. The van der Waals surface area contributed by atoms with Gasteiger partial charge in [-0.15, -0.1) is 0 Å². The minimum atomic E-state index is -0.455. The van der Waals surface area contributed by atoms with E-state index in [1.54, 1.807) is 12.1 Å². The maximum absolute atomic E-state index is 11.0. The lowest BCUT2D eigenvalue weighted by Crippen LogP contribution is -2.15. The number of carbonyl (C=O) groups is 1. The molecule has 0 saturated heterocycles. The largest absolute Gasteiger partial charge is 0.455 e. The molecule has 0 saturated carbocycles. The second-order valence-corrected chi connectivity index (χ2v) is 4.75. The molecule has 0 aliphatic carbocycles. The van der Waals surface area contributed by atoms with Crippen LogP contribution in [0.25, 0.3) is 11.3 Å². The van der Waals surface area contributed by atoms with Gasteiger partial charge in [0, 0.05) is 10.0 Å². The van der Waals surface area contributed by atoms with Crippen molar-refractivity contribution in [2.75, 3.05) is 0 Å². The smallest absolute Gasteiger partial charge is 0.254 e. The van der Waals surface area contributed by atoms with Crippen LogP contribution in [0.2, 0.25) is 0 Å². The molecule has 6 heteroatoms. The summed E-state index contributed by atoms with van der Waals surface area (Å²) in [6.45, 7) is 0. The zero-order chi connectivity index (χ0) is 14.4. The zero-order valence-electron chi connectivity index (χ0n) is 10.3. The van der Waals surface area contributed by atoms with Gasteiger partial charge in [-0.3, -0.25) is 4.79 Å². The second kappa shape index (κ2) is 6.68. The van der Waals surface area contributed by atoms with Gasteiger partial charge < -0.3 is 4.42 Å². The molecule has 0 fully saturated rings. The Morgan fingerprint density at radius 1 is 1.35 bits per heavy atom. The molecular weight excluding hydrogens is 322 g/mol. The Hall–Kier alpha value is -2.39. The molecule has 100 valence electrons. The van der Waals surface area contributed by atoms with Gasteiger partial charge >= 0.3 is 0 Å². The fraction of sp³-hybridized carbons (Fsp3) is 0.0714. The average molecular weight is 332 g/mol. The molecule has 0 aliphatic rings. The molecule has 1 amide bonds. The van der Waals surface area contributed by atoms with Crippen molar-refractivity contribution in [3.05, 3.63) is 46.6 Å². The van der Waals surface area contributed by atoms with E-state index >= 15 is 0 Å². The summed E-state index contributed by atoms with van der Waals surface area (Å²) in [5.41, 5.74) is 3.18. The number of hydrogen-bond donors (Lipinski definition) is 1. The summed E-state index contributed by atoms with van der Waals surface area (Å²) in [4.78, 5) is 11.0. The molecule has 0 radical (unpaired) electrons. The number of nitrogens with zero attached hydrogens (tertiary/aromatic N) is 2. The number of rotatable bonds is 4. The summed E-state index contributed by atoms with van der Waals surface area (Å²) in [6, 6.07) is 13.0. The van der Waals surface area contributed by atoms with Crippen molar-refractivity contribution in [1.29, 1.82) is 5.26 Å². The van der Waals surface area contributed by atoms with Gasteiger partial charge in [0.25, 0.3) is 5.91 Å². The van der Waals surface area contributed by atoms with Crippen molar-refractivity contribution in [1.82, 2.24) is 5.43 Å². The molecule has 1 aromatic carbocycles. The zero-order valence-corrected chi connectivity index (χ0v) is 11.9. The highest BCUT2D eigenvalue weighted by Crippen LogP contribution is 2.23. The van der Waals surface area contributed by atoms with Gasteiger partial charge in [-0.1, -0.05) is 28.1 Å². The van der Waals surface area contributed by atoms with Gasteiger partial charge in [-0.2, -0.15) is 10.4 Å². The first kappa shape index (κ1) is 14.0. The summed E-state index contributed by atoms with van der Waals surface area (Å²) < 4.78 is 6.57. The minimum absolute atomic E-state index is 0.223. The van der Waals surface area contributed by atoms with Crippen molar-refractivity contribution in [2.45, 2.75) is 6.42 Å². The standard InChI is InChI=1S/C14H10BrN3O2/c15-11-3-1-10(2-4-11)13-6-5-12(20-13)9-17-18-14(19)7-8-16/h1-6,9H,7H2,(H,18,19). The topological polar surface area (TPSA) is 78.4 Å². The van der Waals surface area contributed by atoms with Crippen LogP contribution in [-0.2, 0) is 4.79 Å². The monoisotopic (exact) mass is 331 g/mol. The van der Waals surface area contributed by atoms with Crippen LogP contribution in [0.3, 0.4) is 0 Å². The van der Waals surface area contributed by atoms with Gasteiger partial charge in [-0.05, 0) is 24.3 Å². The number of carbonyl (C=O) groups excluding carboxylic acids is 1. The lowest BCUT2D eigenvalue weighted by atomic mass is 10.2. The summed E-state index contributed by atoms with van der Waals surface area (Å²) in [5, 5.41) is 12.0. The summed E-state index contributed by atoms with van der Waals surface area (Å²) >= 11 is 3.37. The van der Waals surface area contributed by atoms with E-state index in [2.05, 4.69) is 26.5 Å². The first-order valence-corrected chi connectivity index (χ1v) is 6.53. The first-order valence-electron chi connectivity index (χ1n) is 5.73. The minimum Gasteiger partial charge on any atom is -0.455 e. The Bertz CT molecular complexity index is 668. The van der Waals surface area contributed by atoms with Crippen LogP contribution >= 0.6 is 15.9 Å². The molecule has 1 heterocycles. The number of nitriles is 1. The van der Waals surface area contributed by atoms with Crippen LogP contribution in [0.1, 0.15) is 12.2 Å². The molecule has 0 spiro atoms. The normalized spacial score (nSPS) is 10.4. The summed E-state index contributed by atoms with van der Waals surface area (Å²) in [6.07, 6.45) is 1.16. The number of hydrogen-bond acceptors (Lipinski definition) is 4. The van der Waals surface area contributed by atoms with Crippen LogP contribution < -0.4 is 5.43 Å². The van der Waals surface area contributed by atoms with E-state index in [1.807, 2.05) is 30.3 Å². The molecule has 2 aromatic rings. The maximum Gasteiger partial charge on any atom is 0.254 e. The predicted octanol–water partition coefficient (Wildman–Crippen LogP) is 3.07. The van der Waals surface area contributed by atoms with E-state index in [0.717, 1.165) is 10.0 Å². The van der Waals surface area contributed by atoms with E-state index in [-0.39, 0.29) is 6.42 Å². The molecule has 0 aliphatic heterocycles. The molecule has 1 aromatic heterocycles. The Balaban J connectivity index is 2.02. The highest BCUT2D eigenvalue weighted by molar-refractivity contribution is 9.10. The Morgan fingerprint density at radius 2 is 2.10 bits per heavy atom. The van der Waals surface area contributed by atoms with Gasteiger partial charge in [0.1, 0.15) is 17.9 Å². The van der Waals surface area contributed by atoms with Crippen molar-refractivity contribution in [2.24, 2.45) is 5.10 Å². The molecule has 0 unspecified atom stereocenters. The average Bonchev–Trinajstić information content (AvgIpc) is 2.89. The quantitative estimate of drug-likeness (QED) is 0.690. The third kappa shape index (κ3) is 3.80. The number of halogens is 1. The molecule has 0 atom stereocenters. The fourth-order valence-electron chi connectivity index (χ4n) is 1.47. The number of nitrogens with one attached hydrogen (secondary N) is 1. The van der Waals surface area contributed by atoms with Gasteiger partial charge in [0.2, 0.25) is 0 Å². The summed E-state index contributed by atoms with van der Waals surface area (Å²) in [7, 11) is 0. The van der Waals surface area contributed by atoms with Crippen LogP contribution in [0.15, 0.2) is 50.4 Å². The van der Waals surface area contributed by atoms with Crippen molar-refractivity contribution < 1.29 is 9.21 Å². The molecule has 5 nitrogen and oxygen atoms in total. The van der Waals surface area contributed by atoms with E-state index < -0.39 is 5.91 Å². The Kier molecular flexibility index (Phi) is 4.69. The SMILES string of the molecule is N#CCC(=O)NN=Cc1ccc(-c2ccc(Br)cc2)o1. The number of furan rings is 1. The molecule has 2 rings (SSSR count). The van der Waals surface area contributed by atoms with Gasteiger partial charge in [0.05, 0.1) is 12.3 Å². The van der Waals surface area contributed by atoms with E-state index in [0.29, 0.717) is 11.5 Å². The van der Waals surface area contributed by atoms with Gasteiger partial charge in [-0.25, -0.2) is 5.43 Å². The van der Waals surface area contributed by atoms with Crippen LogP contribution in [0.5, 0.6) is 0 Å². The molecule has 20 heavy (non-hydrogen) atoms. The lowest BCUT2D eigenvalue weighted by Gasteiger charge is -1.96. The van der Waals surface area contributed by atoms with Crippen LogP contribution in [0, 0.1) is 11.3 Å². The highest BCUT2D eigenvalue weighted by Gasteiger charge is 2.03. The van der Waals surface area contributed by atoms with Crippen LogP contribution in [0.4, 0.5) is 0 Å². The van der Waals surface area contributed by atoms with E-state index in [9.17, 15) is 4.79 Å². The predicted molar refractivity (Wildman–Crippen MR) is 77.8 cm³/mol. The second-order valence-electron chi connectivity index (χ2n) is 3.84. The Labute approximate surface area is 124 Å². The van der Waals surface area contributed by atoms with Crippen molar-refractivity contribution in [3.63, 3.8) is 0 Å². The Morgan fingerprint density at radius 3 is 2.80 bits per heavy atom. The molecule has 1 N–H and O–H groups in total. The summed E-state index contributed by atoms with van der Waals surface area (Å²) in [5.74, 6) is 0.769. The third-order valence-electron chi connectivity index (χ3n) is 2.38. The van der Waals surface area contributed by atoms with E-state index in [1.165, 1.54) is 6.21 Å². The fourth-order valence-corrected chi connectivity index (χ4v) is 1.74. The van der Waals surface area contributed by atoms with Crippen LogP contribution in [-0.4, -0.2) is 12.1 Å². The lowest BCUT2D eigenvalue weighted by molar-refractivity contribution is -0.120. The van der Waals surface area contributed by atoms with Crippen molar-refractivity contribution >= 4 is 28.1 Å². The molecule has 0 bridgehead atoms. The van der Waals surface area contributed by atoms with Crippen molar-refractivity contribution in [3.8, 4) is 17.4 Å². The highest BCUT2D eigenvalue weighted by atomic mass is 79.9. The van der Waals surface area contributed by atoms with E-state index in [4.69, 9.17) is 9.68 Å². The van der Waals surface area contributed by atoms with Gasteiger partial charge in [0.15, 0.2) is 0 Å². The number of benzene rings is 1. The number of amides is 1.